The Balaban J connectivity index is 2.33. The van der Waals surface area contributed by atoms with Crippen molar-refractivity contribution >= 4 is 21.6 Å². The van der Waals surface area contributed by atoms with Gasteiger partial charge in [-0.3, -0.25) is 4.79 Å². The zero-order valence-electron chi connectivity index (χ0n) is 12.5. The minimum atomic E-state index is -3.59. The number of carbonyl (C=O) groups is 1. The number of carbonyl (C=O) groups excluding carboxylic acids is 1. The average Bonchev–Trinajstić information content (AvgIpc) is 2.48. The third-order valence-electron chi connectivity index (χ3n) is 3.13. The van der Waals surface area contributed by atoms with E-state index >= 15 is 0 Å². The first-order valence-corrected chi connectivity index (χ1v) is 8.39. The summed E-state index contributed by atoms with van der Waals surface area (Å²) < 4.78 is 26.5. The predicted molar refractivity (Wildman–Crippen MR) is 86.4 cm³/mol. The van der Waals surface area contributed by atoms with E-state index in [-0.39, 0.29) is 10.8 Å². The topological polar surface area (TPSA) is 75.3 Å². The molecule has 0 heterocycles. The van der Waals surface area contributed by atoms with Crippen molar-refractivity contribution in [3.05, 3.63) is 59.7 Å². The molecule has 2 rings (SSSR count). The average molecular weight is 318 g/mol. The van der Waals surface area contributed by atoms with E-state index < -0.39 is 10.0 Å². The summed E-state index contributed by atoms with van der Waals surface area (Å²) in [5, 5.41) is 2.76. The molecule has 0 aliphatic carbocycles. The Bertz CT molecular complexity index is 771. The minimum absolute atomic E-state index is 0.0816. The highest BCUT2D eigenvalue weighted by molar-refractivity contribution is 7.89. The molecule has 2 aromatic rings. The molecule has 0 atom stereocenters. The van der Waals surface area contributed by atoms with Crippen molar-refractivity contribution in [3.63, 3.8) is 0 Å². The van der Waals surface area contributed by atoms with Gasteiger partial charge in [-0.15, -0.1) is 0 Å². The minimum Gasteiger partial charge on any atom is -0.322 e. The summed E-state index contributed by atoms with van der Waals surface area (Å²) >= 11 is 0. The van der Waals surface area contributed by atoms with Crippen LogP contribution in [-0.2, 0) is 10.0 Å². The number of aryl methyl sites for hydroxylation is 1. The molecule has 0 aliphatic heterocycles. The van der Waals surface area contributed by atoms with E-state index in [0.717, 1.165) is 0 Å². The zero-order chi connectivity index (χ0) is 16.2. The van der Waals surface area contributed by atoms with E-state index in [9.17, 15) is 13.2 Å². The van der Waals surface area contributed by atoms with Crippen LogP contribution in [0.2, 0.25) is 0 Å². The molecule has 0 bridgehead atoms. The molecular formula is C16H18N2O3S. The standard InChI is InChI=1S/C16H18N2O3S/c1-3-17-22(20,21)14-10-9-12(2)15(11-14)16(19)18-13-7-5-4-6-8-13/h4-11,17H,3H2,1-2H3,(H,18,19). The third kappa shape index (κ3) is 3.72. The summed E-state index contributed by atoms with van der Waals surface area (Å²) in [6.45, 7) is 3.76. The van der Waals surface area contributed by atoms with Crippen LogP contribution < -0.4 is 10.0 Å². The van der Waals surface area contributed by atoms with Gasteiger partial charge >= 0.3 is 0 Å². The van der Waals surface area contributed by atoms with Crippen LogP contribution in [0.15, 0.2) is 53.4 Å². The number of amides is 1. The maximum Gasteiger partial charge on any atom is 0.255 e. The first-order valence-electron chi connectivity index (χ1n) is 6.91. The first kappa shape index (κ1) is 16.2. The Morgan fingerprint density at radius 1 is 1.09 bits per heavy atom. The largest absolute Gasteiger partial charge is 0.322 e. The summed E-state index contributed by atoms with van der Waals surface area (Å²) in [7, 11) is -3.59. The van der Waals surface area contributed by atoms with E-state index in [2.05, 4.69) is 10.0 Å². The van der Waals surface area contributed by atoms with Crippen LogP contribution in [0.1, 0.15) is 22.8 Å². The van der Waals surface area contributed by atoms with Gasteiger partial charge in [0.05, 0.1) is 4.90 Å². The van der Waals surface area contributed by atoms with Crippen molar-refractivity contribution in [1.29, 1.82) is 0 Å². The van der Waals surface area contributed by atoms with Gasteiger partial charge in [-0.25, -0.2) is 13.1 Å². The molecule has 116 valence electrons. The van der Waals surface area contributed by atoms with Gasteiger partial charge in [0.1, 0.15) is 0 Å². The summed E-state index contributed by atoms with van der Waals surface area (Å²) in [4.78, 5) is 12.4. The summed E-state index contributed by atoms with van der Waals surface area (Å²) in [5.41, 5.74) is 1.71. The smallest absolute Gasteiger partial charge is 0.255 e. The molecule has 2 aromatic carbocycles. The van der Waals surface area contributed by atoms with Crippen molar-refractivity contribution in [1.82, 2.24) is 4.72 Å². The molecule has 0 radical (unpaired) electrons. The second kappa shape index (κ2) is 6.72. The fourth-order valence-corrected chi connectivity index (χ4v) is 3.07. The SMILES string of the molecule is CCNS(=O)(=O)c1ccc(C)c(C(=O)Nc2ccccc2)c1. The number of benzene rings is 2. The molecule has 0 spiro atoms. The molecule has 0 fully saturated rings. The van der Waals surface area contributed by atoms with E-state index in [4.69, 9.17) is 0 Å². The Morgan fingerprint density at radius 3 is 2.41 bits per heavy atom. The van der Waals surface area contributed by atoms with Gasteiger partial charge in [0.15, 0.2) is 0 Å². The number of sulfonamides is 1. The van der Waals surface area contributed by atoms with Crippen molar-refractivity contribution < 1.29 is 13.2 Å². The number of para-hydroxylation sites is 1. The third-order valence-corrected chi connectivity index (χ3v) is 4.67. The fraction of sp³-hybridized carbons (Fsp3) is 0.188. The summed E-state index contributed by atoms with van der Waals surface area (Å²) in [6, 6.07) is 13.5. The second-order valence-electron chi connectivity index (χ2n) is 4.80. The van der Waals surface area contributed by atoms with Crippen molar-refractivity contribution in [2.45, 2.75) is 18.7 Å². The van der Waals surface area contributed by atoms with Crippen molar-refractivity contribution in [3.8, 4) is 0 Å². The highest BCUT2D eigenvalue weighted by Gasteiger charge is 2.17. The monoisotopic (exact) mass is 318 g/mol. The van der Waals surface area contributed by atoms with E-state index in [1.54, 1.807) is 32.0 Å². The predicted octanol–water partition coefficient (Wildman–Crippen LogP) is 2.55. The van der Waals surface area contributed by atoms with Gasteiger partial charge in [-0.05, 0) is 36.8 Å². The Hall–Kier alpha value is -2.18. The van der Waals surface area contributed by atoms with Crippen LogP contribution in [0.3, 0.4) is 0 Å². The quantitative estimate of drug-likeness (QED) is 0.889. The molecule has 5 nitrogen and oxygen atoms in total. The molecule has 2 N–H and O–H groups in total. The number of hydrogen-bond acceptors (Lipinski definition) is 3. The lowest BCUT2D eigenvalue weighted by molar-refractivity contribution is 0.102. The van der Waals surface area contributed by atoms with Crippen LogP contribution in [0.5, 0.6) is 0 Å². The molecule has 0 unspecified atom stereocenters. The molecule has 0 saturated heterocycles. The number of hydrogen-bond donors (Lipinski definition) is 2. The summed E-state index contributed by atoms with van der Waals surface area (Å²) in [6.07, 6.45) is 0. The fourth-order valence-electron chi connectivity index (χ4n) is 2.01. The van der Waals surface area contributed by atoms with E-state index in [1.165, 1.54) is 12.1 Å². The number of rotatable bonds is 5. The highest BCUT2D eigenvalue weighted by Crippen LogP contribution is 2.17. The number of nitrogens with one attached hydrogen (secondary N) is 2. The normalized spacial score (nSPS) is 11.2. The first-order chi connectivity index (χ1) is 10.4. The lowest BCUT2D eigenvalue weighted by Gasteiger charge is -2.10. The Morgan fingerprint density at radius 2 is 1.77 bits per heavy atom. The second-order valence-corrected chi connectivity index (χ2v) is 6.57. The molecule has 22 heavy (non-hydrogen) atoms. The molecule has 0 aliphatic rings. The van der Waals surface area contributed by atoms with Gasteiger partial charge in [-0.1, -0.05) is 31.2 Å². The lowest BCUT2D eigenvalue weighted by Crippen LogP contribution is -2.24. The van der Waals surface area contributed by atoms with Gasteiger partial charge in [0.2, 0.25) is 10.0 Å². The van der Waals surface area contributed by atoms with Crippen LogP contribution >= 0.6 is 0 Å². The van der Waals surface area contributed by atoms with Crippen molar-refractivity contribution in [2.75, 3.05) is 11.9 Å². The molecule has 1 amide bonds. The Labute approximate surface area is 130 Å². The van der Waals surface area contributed by atoms with E-state index in [0.29, 0.717) is 23.4 Å². The van der Waals surface area contributed by atoms with Gasteiger partial charge in [0.25, 0.3) is 5.91 Å². The summed E-state index contributed by atoms with van der Waals surface area (Å²) in [5.74, 6) is -0.336. The number of anilines is 1. The van der Waals surface area contributed by atoms with Crippen LogP contribution in [0.4, 0.5) is 5.69 Å². The molecule has 0 aromatic heterocycles. The zero-order valence-corrected chi connectivity index (χ0v) is 13.3. The van der Waals surface area contributed by atoms with Crippen molar-refractivity contribution in [2.24, 2.45) is 0 Å². The van der Waals surface area contributed by atoms with Crippen LogP contribution in [-0.4, -0.2) is 20.9 Å². The van der Waals surface area contributed by atoms with Crippen LogP contribution in [0.25, 0.3) is 0 Å². The lowest BCUT2D eigenvalue weighted by atomic mass is 10.1. The highest BCUT2D eigenvalue weighted by atomic mass is 32.2. The Kier molecular flexibility index (Phi) is 4.95. The van der Waals surface area contributed by atoms with Gasteiger partial charge in [0, 0.05) is 17.8 Å². The van der Waals surface area contributed by atoms with E-state index in [1.807, 2.05) is 18.2 Å². The molecule has 0 saturated carbocycles. The molecular weight excluding hydrogens is 300 g/mol. The maximum atomic E-state index is 12.3. The van der Waals surface area contributed by atoms with Crippen LogP contribution in [0, 0.1) is 6.92 Å². The van der Waals surface area contributed by atoms with Gasteiger partial charge in [-0.2, -0.15) is 0 Å². The maximum absolute atomic E-state index is 12.3. The van der Waals surface area contributed by atoms with Gasteiger partial charge < -0.3 is 5.32 Å². The molecule has 6 heteroatoms.